The van der Waals surface area contributed by atoms with E-state index < -0.39 is 6.04 Å². The molecule has 7 nitrogen and oxygen atoms in total. The number of aryl methyl sites for hydroxylation is 1. The number of allylic oxidation sites excluding steroid dienone is 1. The number of ether oxygens (including phenoxy) is 2. The summed E-state index contributed by atoms with van der Waals surface area (Å²) in [6.07, 6.45) is 2.06. The molecule has 0 spiro atoms. The third-order valence-electron chi connectivity index (χ3n) is 5.94. The third-order valence-corrected chi connectivity index (χ3v) is 6.83. The Balaban J connectivity index is 1.62. The number of amides is 1. The van der Waals surface area contributed by atoms with Gasteiger partial charge in [0.05, 0.1) is 35.9 Å². The normalized spacial score (nSPS) is 22.3. The number of esters is 1. The lowest BCUT2D eigenvalue weighted by atomic mass is 9.91. The van der Waals surface area contributed by atoms with Gasteiger partial charge in [-0.1, -0.05) is 36.0 Å². The standard InChI is InChI=1S/C25H31N3O4S/c1-15(2)32-24(30)22-17(4)27-25-28(23(22)20-10-6-5-8-16(20)3)18(14-33-25)12-21(29)26-13-19-9-7-11-31-19/h5-6,8,10,14-15,19,23H,7,9,11-13H2,1-4H3,(H,26,29). The summed E-state index contributed by atoms with van der Waals surface area (Å²) in [7, 11) is 0. The van der Waals surface area contributed by atoms with E-state index in [9.17, 15) is 9.59 Å². The van der Waals surface area contributed by atoms with Crippen LogP contribution in [0.4, 0.5) is 0 Å². The van der Waals surface area contributed by atoms with Crippen LogP contribution >= 0.6 is 11.8 Å². The Morgan fingerprint density at radius 2 is 2.09 bits per heavy atom. The number of rotatable bonds is 7. The first-order valence-corrected chi connectivity index (χ1v) is 12.3. The Labute approximate surface area is 199 Å². The van der Waals surface area contributed by atoms with E-state index in [2.05, 4.69) is 5.32 Å². The minimum Gasteiger partial charge on any atom is -0.459 e. The summed E-state index contributed by atoms with van der Waals surface area (Å²) in [4.78, 5) is 32.7. The van der Waals surface area contributed by atoms with Gasteiger partial charge < -0.3 is 19.7 Å². The van der Waals surface area contributed by atoms with Gasteiger partial charge in [0.15, 0.2) is 5.17 Å². The molecule has 1 N–H and O–H groups in total. The van der Waals surface area contributed by atoms with Crippen molar-refractivity contribution in [3.8, 4) is 0 Å². The Hall–Kier alpha value is -2.58. The first-order chi connectivity index (χ1) is 15.8. The number of carbonyl (C=O) groups excluding carboxylic acids is 2. The second kappa shape index (κ2) is 10.1. The van der Waals surface area contributed by atoms with E-state index in [0.29, 0.717) is 17.8 Å². The molecule has 1 saturated heterocycles. The van der Waals surface area contributed by atoms with Crippen LogP contribution in [0, 0.1) is 6.92 Å². The van der Waals surface area contributed by atoms with Gasteiger partial charge in [0.25, 0.3) is 0 Å². The van der Waals surface area contributed by atoms with Gasteiger partial charge in [-0.05, 0) is 57.1 Å². The maximum Gasteiger partial charge on any atom is 0.338 e. The van der Waals surface area contributed by atoms with Crippen molar-refractivity contribution in [1.29, 1.82) is 0 Å². The molecule has 3 aliphatic rings. The molecule has 4 rings (SSSR count). The molecule has 1 aromatic rings. The van der Waals surface area contributed by atoms with Crippen molar-refractivity contribution in [2.24, 2.45) is 4.99 Å². The summed E-state index contributed by atoms with van der Waals surface area (Å²) in [5, 5.41) is 5.72. The lowest BCUT2D eigenvalue weighted by molar-refractivity contribution is -0.143. The van der Waals surface area contributed by atoms with E-state index in [1.807, 2.05) is 62.3 Å². The monoisotopic (exact) mass is 469 g/mol. The molecule has 2 atom stereocenters. The molecule has 8 heteroatoms. The molecule has 1 fully saturated rings. The fourth-order valence-electron chi connectivity index (χ4n) is 4.36. The van der Waals surface area contributed by atoms with E-state index in [1.54, 1.807) is 0 Å². The number of thioether (sulfide) groups is 1. The van der Waals surface area contributed by atoms with E-state index in [1.165, 1.54) is 11.8 Å². The van der Waals surface area contributed by atoms with Crippen LogP contribution < -0.4 is 5.32 Å². The Kier molecular flexibility index (Phi) is 7.24. The smallest absolute Gasteiger partial charge is 0.338 e. The van der Waals surface area contributed by atoms with Crippen LogP contribution in [-0.4, -0.2) is 47.3 Å². The zero-order valence-electron chi connectivity index (χ0n) is 19.6. The maximum atomic E-state index is 13.2. The molecule has 2 unspecified atom stereocenters. The maximum absolute atomic E-state index is 13.2. The number of fused-ring (bicyclic) bond motifs is 1. The minimum absolute atomic E-state index is 0.0697. The highest BCUT2D eigenvalue weighted by Crippen LogP contribution is 2.45. The lowest BCUT2D eigenvalue weighted by Gasteiger charge is -2.37. The van der Waals surface area contributed by atoms with Crippen LogP contribution in [0.2, 0.25) is 0 Å². The van der Waals surface area contributed by atoms with E-state index in [0.717, 1.165) is 41.4 Å². The Morgan fingerprint density at radius 3 is 2.79 bits per heavy atom. The van der Waals surface area contributed by atoms with E-state index >= 15 is 0 Å². The summed E-state index contributed by atoms with van der Waals surface area (Å²) < 4.78 is 11.2. The summed E-state index contributed by atoms with van der Waals surface area (Å²) in [6, 6.07) is 7.60. The number of benzene rings is 1. The molecule has 0 saturated carbocycles. The van der Waals surface area contributed by atoms with Crippen LogP contribution in [0.25, 0.3) is 0 Å². The summed E-state index contributed by atoms with van der Waals surface area (Å²) in [5.74, 6) is -0.447. The van der Waals surface area contributed by atoms with Gasteiger partial charge in [0.2, 0.25) is 5.91 Å². The molecule has 0 radical (unpaired) electrons. The van der Waals surface area contributed by atoms with Crippen LogP contribution in [0.3, 0.4) is 0 Å². The number of amidine groups is 1. The zero-order valence-corrected chi connectivity index (χ0v) is 20.4. The number of nitrogens with one attached hydrogen (secondary N) is 1. The number of nitrogens with zero attached hydrogens (tertiary/aromatic N) is 2. The molecule has 33 heavy (non-hydrogen) atoms. The molecule has 0 bridgehead atoms. The predicted molar refractivity (Wildman–Crippen MR) is 129 cm³/mol. The number of hydrogen-bond donors (Lipinski definition) is 1. The van der Waals surface area contributed by atoms with Crippen LogP contribution in [-0.2, 0) is 19.1 Å². The van der Waals surface area contributed by atoms with Crippen molar-refractivity contribution < 1.29 is 19.1 Å². The van der Waals surface area contributed by atoms with Gasteiger partial charge in [-0.2, -0.15) is 0 Å². The fraction of sp³-hybridized carbons (Fsp3) is 0.480. The molecular formula is C25H31N3O4S. The second-order valence-corrected chi connectivity index (χ2v) is 9.66. The highest BCUT2D eigenvalue weighted by Gasteiger charge is 2.41. The number of aliphatic imine (C=N–C) groups is 1. The molecule has 176 valence electrons. The average molecular weight is 470 g/mol. The highest BCUT2D eigenvalue weighted by molar-refractivity contribution is 8.16. The van der Waals surface area contributed by atoms with Crippen molar-refractivity contribution in [1.82, 2.24) is 10.2 Å². The van der Waals surface area contributed by atoms with Gasteiger partial charge in [-0.25, -0.2) is 9.79 Å². The van der Waals surface area contributed by atoms with Gasteiger partial charge in [-0.3, -0.25) is 4.79 Å². The lowest BCUT2D eigenvalue weighted by Crippen LogP contribution is -2.39. The molecule has 1 amide bonds. The number of carbonyl (C=O) groups is 2. The third kappa shape index (κ3) is 5.17. The molecule has 3 aliphatic heterocycles. The average Bonchev–Trinajstić information content (AvgIpc) is 3.41. The Morgan fingerprint density at radius 1 is 1.30 bits per heavy atom. The molecule has 0 aliphatic carbocycles. The fourth-order valence-corrected chi connectivity index (χ4v) is 5.32. The van der Waals surface area contributed by atoms with Gasteiger partial charge in [0, 0.05) is 18.8 Å². The minimum atomic E-state index is -0.405. The summed E-state index contributed by atoms with van der Waals surface area (Å²) >= 11 is 1.48. The van der Waals surface area contributed by atoms with Gasteiger partial charge in [-0.15, -0.1) is 0 Å². The predicted octanol–water partition coefficient (Wildman–Crippen LogP) is 4.21. The molecule has 0 aromatic heterocycles. The zero-order chi connectivity index (χ0) is 23.5. The number of hydrogen-bond acceptors (Lipinski definition) is 7. The van der Waals surface area contributed by atoms with E-state index in [4.69, 9.17) is 14.5 Å². The van der Waals surface area contributed by atoms with Gasteiger partial charge in [0.1, 0.15) is 0 Å². The SMILES string of the molecule is CC1=C(C(=O)OC(C)C)C(c2ccccc2C)N2C(CC(=O)NCC3CCCO3)=CSC2=N1. The first kappa shape index (κ1) is 23.6. The van der Waals surface area contributed by atoms with Crippen molar-refractivity contribution in [3.63, 3.8) is 0 Å². The quantitative estimate of drug-likeness (QED) is 0.603. The molecular weight excluding hydrogens is 438 g/mol. The van der Waals surface area contributed by atoms with E-state index in [-0.39, 0.29) is 30.5 Å². The van der Waals surface area contributed by atoms with Crippen molar-refractivity contribution in [2.45, 2.75) is 65.2 Å². The largest absolute Gasteiger partial charge is 0.459 e. The van der Waals surface area contributed by atoms with Crippen molar-refractivity contribution >= 4 is 28.8 Å². The van der Waals surface area contributed by atoms with Crippen LogP contribution in [0.15, 0.2) is 51.6 Å². The summed E-state index contributed by atoms with van der Waals surface area (Å²) in [6.45, 7) is 8.83. The second-order valence-electron chi connectivity index (χ2n) is 8.82. The van der Waals surface area contributed by atoms with Crippen molar-refractivity contribution in [3.05, 3.63) is 57.8 Å². The molecule has 3 heterocycles. The summed E-state index contributed by atoms with van der Waals surface area (Å²) in [5.41, 5.74) is 4.03. The van der Waals surface area contributed by atoms with Crippen LogP contribution in [0.5, 0.6) is 0 Å². The molecule has 1 aromatic carbocycles. The van der Waals surface area contributed by atoms with Crippen molar-refractivity contribution in [2.75, 3.05) is 13.2 Å². The van der Waals surface area contributed by atoms with Crippen LogP contribution in [0.1, 0.15) is 57.2 Å². The highest BCUT2D eigenvalue weighted by atomic mass is 32.2. The van der Waals surface area contributed by atoms with Gasteiger partial charge >= 0.3 is 5.97 Å². The first-order valence-electron chi connectivity index (χ1n) is 11.4. The Bertz CT molecular complexity index is 1020. The topological polar surface area (TPSA) is 80.2 Å².